The first kappa shape index (κ1) is 20.3. The van der Waals surface area contributed by atoms with Gasteiger partial charge in [0.1, 0.15) is 18.2 Å². The van der Waals surface area contributed by atoms with Crippen LogP contribution in [0.4, 0.5) is 8.78 Å². The number of fused-ring (bicyclic) bond motifs is 1. The third-order valence-corrected chi connectivity index (χ3v) is 5.69. The summed E-state index contributed by atoms with van der Waals surface area (Å²) in [7, 11) is 0. The molecule has 0 saturated heterocycles. The van der Waals surface area contributed by atoms with Crippen molar-refractivity contribution in [2.45, 2.75) is 51.5 Å². The average Bonchev–Trinajstić information content (AvgIpc) is 2.67. The number of aliphatic hydroxyl groups excluding tert-OH is 1. The molecule has 1 amide bonds. The van der Waals surface area contributed by atoms with Crippen LogP contribution in [0.15, 0.2) is 24.3 Å². The Labute approximate surface area is 163 Å². The maximum Gasteiger partial charge on any atom is 0.248 e. The fourth-order valence-electron chi connectivity index (χ4n) is 4.30. The highest BCUT2D eigenvalue weighted by atomic mass is 19.1. The summed E-state index contributed by atoms with van der Waals surface area (Å²) < 4.78 is 28.3. The molecule has 1 N–H and O–H groups in total. The Balaban J connectivity index is 2.03. The van der Waals surface area contributed by atoms with Crippen LogP contribution in [0.1, 0.15) is 50.8 Å². The van der Waals surface area contributed by atoms with Crippen LogP contribution in [0.25, 0.3) is 11.3 Å². The molecule has 7 heteroatoms. The molecule has 2 aromatic rings. The monoisotopic (exact) mass is 389 g/mol. The number of carbonyl (C=O) groups is 1. The lowest BCUT2D eigenvalue weighted by Gasteiger charge is -2.45. The lowest BCUT2D eigenvalue weighted by molar-refractivity contribution is -0.140. The Hall–Kier alpha value is -2.41. The average molecular weight is 389 g/mol. The summed E-state index contributed by atoms with van der Waals surface area (Å²) in [6.45, 7) is 5.69. The molecular weight excluding hydrogens is 364 g/mol. The summed E-state index contributed by atoms with van der Waals surface area (Å²) >= 11 is 0. The van der Waals surface area contributed by atoms with Crippen molar-refractivity contribution in [1.82, 2.24) is 15.1 Å². The molecule has 0 bridgehead atoms. The van der Waals surface area contributed by atoms with E-state index in [4.69, 9.17) is 0 Å². The molecule has 5 nitrogen and oxygen atoms in total. The number of hydrogen-bond donors (Lipinski definition) is 1. The maximum absolute atomic E-state index is 14.1. The first-order valence-corrected chi connectivity index (χ1v) is 9.53. The largest absolute Gasteiger partial charge is 0.387 e. The van der Waals surface area contributed by atoms with Crippen LogP contribution in [0, 0.1) is 11.6 Å². The third kappa shape index (κ3) is 3.51. The third-order valence-electron chi connectivity index (χ3n) is 5.69. The van der Waals surface area contributed by atoms with Gasteiger partial charge in [0.15, 0.2) is 0 Å². The van der Waals surface area contributed by atoms with Crippen molar-refractivity contribution in [3.8, 4) is 11.3 Å². The highest BCUT2D eigenvalue weighted by Gasteiger charge is 2.41. The second-order valence-corrected chi connectivity index (χ2v) is 7.63. The van der Waals surface area contributed by atoms with Crippen LogP contribution in [0.3, 0.4) is 0 Å². The van der Waals surface area contributed by atoms with Crippen LogP contribution in [0.5, 0.6) is 0 Å². The van der Waals surface area contributed by atoms with E-state index in [1.165, 1.54) is 18.2 Å². The van der Waals surface area contributed by atoms with Gasteiger partial charge in [-0.3, -0.25) is 4.79 Å². The lowest BCUT2D eigenvalue weighted by atomic mass is 9.74. The molecular formula is C21H25F2N3O2. The number of halogens is 2. The number of aryl methyl sites for hydroxylation is 1. The van der Waals surface area contributed by atoms with E-state index < -0.39 is 23.8 Å². The van der Waals surface area contributed by atoms with E-state index in [-0.39, 0.29) is 23.1 Å². The molecule has 1 heterocycles. The Morgan fingerprint density at radius 3 is 2.57 bits per heavy atom. The number of aliphatic hydroxyl groups is 1. The van der Waals surface area contributed by atoms with Crippen molar-refractivity contribution in [3.05, 3.63) is 47.2 Å². The fraction of sp³-hybridized carbons (Fsp3) is 0.476. The molecule has 150 valence electrons. The van der Waals surface area contributed by atoms with Gasteiger partial charge in [0.05, 0.1) is 17.0 Å². The zero-order chi connectivity index (χ0) is 20.5. The van der Waals surface area contributed by atoms with E-state index in [0.717, 1.165) is 30.5 Å². The molecule has 0 saturated carbocycles. The molecule has 1 atom stereocenters. The van der Waals surface area contributed by atoms with Gasteiger partial charge < -0.3 is 10.0 Å². The summed E-state index contributed by atoms with van der Waals surface area (Å²) in [6, 6.07) is 5.42. The summed E-state index contributed by atoms with van der Waals surface area (Å²) in [6.07, 6.45) is 2.43. The zero-order valence-corrected chi connectivity index (χ0v) is 16.4. The van der Waals surface area contributed by atoms with Gasteiger partial charge in [-0.05, 0) is 63.8 Å². The first-order chi connectivity index (χ1) is 13.3. The SMILES string of the molecule is CCN(C(=O)CO)C(C)(C)C1CCCc2cc(-c3c(F)cccc3F)nnc21. The number of aromatic nitrogens is 2. The summed E-state index contributed by atoms with van der Waals surface area (Å²) in [4.78, 5) is 13.9. The minimum Gasteiger partial charge on any atom is -0.387 e. The van der Waals surface area contributed by atoms with Crippen molar-refractivity contribution < 1.29 is 18.7 Å². The topological polar surface area (TPSA) is 66.3 Å². The van der Waals surface area contributed by atoms with Crippen molar-refractivity contribution >= 4 is 5.91 Å². The Bertz CT molecular complexity index is 866. The van der Waals surface area contributed by atoms with Crippen molar-refractivity contribution in [2.75, 3.05) is 13.2 Å². The number of rotatable bonds is 5. The second kappa shape index (κ2) is 7.91. The van der Waals surface area contributed by atoms with Gasteiger partial charge in [-0.2, -0.15) is 10.2 Å². The highest BCUT2D eigenvalue weighted by Crippen LogP contribution is 2.41. The molecule has 1 aromatic heterocycles. The number of nitrogens with zero attached hydrogens (tertiary/aromatic N) is 3. The van der Waals surface area contributed by atoms with Crippen LogP contribution >= 0.6 is 0 Å². The van der Waals surface area contributed by atoms with E-state index in [9.17, 15) is 18.7 Å². The predicted octanol–water partition coefficient (Wildman–Crippen LogP) is 3.46. The van der Waals surface area contributed by atoms with Crippen LogP contribution < -0.4 is 0 Å². The van der Waals surface area contributed by atoms with Crippen molar-refractivity contribution in [1.29, 1.82) is 0 Å². The molecule has 0 aliphatic heterocycles. The second-order valence-electron chi connectivity index (χ2n) is 7.63. The van der Waals surface area contributed by atoms with Crippen molar-refractivity contribution in [2.24, 2.45) is 0 Å². The van der Waals surface area contributed by atoms with Gasteiger partial charge in [0.25, 0.3) is 0 Å². The van der Waals surface area contributed by atoms with E-state index in [1.54, 1.807) is 11.0 Å². The predicted molar refractivity (Wildman–Crippen MR) is 102 cm³/mol. The molecule has 0 spiro atoms. The Morgan fingerprint density at radius 2 is 1.96 bits per heavy atom. The molecule has 1 aliphatic carbocycles. The van der Waals surface area contributed by atoms with Crippen LogP contribution in [0.2, 0.25) is 0 Å². The zero-order valence-electron chi connectivity index (χ0n) is 16.4. The molecule has 3 rings (SSSR count). The minimum absolute atomic E-state index is 0.0845. The quantitative estimate of drug-likeness (QED) is 0.851. The minimum atomic E-state index is -0.673. The number of amides is 1. The first-order valence-electron chi connectivity index (χ1n) is 9.53. The summed E-state index contributed by atoms with van der Waals surface area (Å²) in [5.74, 6) is -1.77. The van der Waals surface area contributed by atoms with Gasteiger partial charge in [0.2, 0.25) is 5.91 Å². The van der Waals surface area contributed by atoms with Crippen LogP contribution in [-0.2, 0) is 11.2 Å². The van der Waals surface area contributed by atoms with Gasteiger partial charge in [-0.25, -0.2) is 8.78 Å². The molecule has 0 radical (unpaired) electrons. The maximum atomic E-state index is 14.1. The normalized spacial score (nSPS) is 16.6. The fourth-order valence-corrected chi connectivity index (χ4v) is 4.30. The van der Waals surface area contributed by atoms with E-state index >= 15 is 0 Å². The standard InChI is InChI=1S/C21H25F2N3O2/c1-4-26(18(28)12-27)21(2,3)14-8-5-7-13-11-17(24-25-20(13)14)19-15(22)9-6-10-16(19)23/h6,9-11,14,27H,4-5,7-8,12H2,1-3H3. The molecule has 1 aliphatic rings. The Morgan fingerprint density at radius 1 is 1.29 bits per heavy atom. The summed E-state index contributed by atoms with van der Waals surface area (Å²) in [5, 5.41) is 17.8. The van der Waals surface area contributed by atoms with E-state index in [0.29, 0.717) is 6.54 Å². The molecule has 1 aromatic carbocycles. The molecule has 0 fully saturated rings. The highest BCUT2D eigenvalue weighted by molar-refractivity contribution is 5.78. The number of benzene rings is 1. The number of carbonyl (C=O) groups excluding carboxylic acids is 1. The van der Waals surface area contributed by atoms with E-state index in [2.05, 4.69) is 10.2 Å². The smallest absolute Gasteiger partial charge is 0.248 e. The summed E-state index contributed by atoms with van der Waals surface area (Å²) in [5.41, 5.74) is 1.06. The van der Waals surface area contributed by atoms with Gasteiger partial charge in [-0.1, -0.05) is 6.07 Å². The number of hydrogen-bond acceptors (Lipinski definition) is 4. The Kier molecular flexibility index (Phi) is 5.74. The lowest BCUT2D eigenvalue weighted by Crippen LogP contribution is -2.53. The van der Waals surface area contributed by atoms with Crippen LogP contribution in [-0.4, -0.2) is 44.8 Å². The van der Waals surface area contributed by atoms with Crippen molar-refractivity contribution in [3.63, 3.8) is 0 Å². The van der Waals surface area contributed by atoms with Gasteiger partial charge >= 0.3 is 0 Å². The number of likely N-dealkylation sites (N-methyl/N-ethyl adjacent to an activating group) is 1. The molecule has 1 unspecified atom stereocenters. The van der Waals surface area contributed by atoms with Gasteiger partial charge in [0, 0.05) is 18.0 Å². The van der Waals surface area contributed by atoms with E-state index in [1.807, 2.05) is 20.8 Å². The molecule has 28 heavy (non-hydrogen) atoms. The van der Waals surface area contributed by atoms with Gasteiger partial charge in [-0.15, -0.1) is 0 Å².